The Kier molecular flexibility index (Phi) is 20.6. The molecule has 0 unspecified atom stereocenters. The number of hydrogen-bond acceptors (Lipinski definition) is 18. The number of fused-ring (bicyclic) bond motifs is 2. The number of carbonyl (C=O) groups excluding carboxylic acids is 1. The van der Waals surface area contributed by atoms with Gasteiger partial charge in [-0.2, -0.15) is 0 Å². The van der Waals surface area contributed by atoms with Crippen molar-refractivity contribution in [1.29, 1.82) is 0 Å². The Balaban J connectivity index is 0.000000282. The molecule has 3 N–H and O–H groups in total. The molecule has 22 heteroatoms. The van der Waals surface area contributed by atoms with E-state index < -0.39 is 37.7 Å². The third-order valence-corrected chi connectivity index (χ3v) is 11.4. The highest BCUT2D eigenvalue weighted by atomic mass is 32.2. The van der Waals surface area contributed by atoms with Crippen molar-refractivity contribution in [1.82, 2.24) is 9.56 Å². The van der Waals surface area contributed by atoms with Crippen LogP contribution in [0.5, 0.6) is 11.5 Å². The first-order valence-corrected chi connectivity index (χ1v) is 23.5. The molecule has 0 saturated heterocycles. The minimum atomic E-state index is -4.23. The number of ether oxygens (including phenoxy) is 1. The van der Waals surface area contributed by atoms with Crippen molar-refractivity contribution in [2.45, 2.75) is 39.5 Å². The summed E-state index contributed by atoms with van der Waals surface area (Å²) in [7, 11) is -3.39. The van der Waals surface area contributed by atoms with Gasteiger partial charge in [0.1, 0.15) is 41.9 Å². The van der Waals surface area contributed by atoms with Crippen LogP contribution in [0.3, 0.4) is 0 Å². The van der Waals surface area contributed by atoms with Crippen LogP contribution < -0.4 is 24.6 Å². The lowest BCUT2D eigenvalue weighted by Gasteiger charge is -2.23. The first kappa shape index (κ1) is 53.0. The summed E-state index contributed by atoms with van der Waals surface area (Å²) in [6.45, 7) is 6.76. The second-order valence-electron chi connectivity index (χ2n) is 14.5. The van der Waals surface area contributed by atoms with Gasteiger partial charge in [0.15, 0.2) is 17.9 Å². The third-order valence-electron chi connectivity index (χ3n) is 9.79. The molecule has 0 fully saturated rings. The maximum atomic E-state index is 10.9. The maximum absolute atomic E-state index is 10.9. The zero-order chi connectivity index (χ0) is 48.3. The highest BCUT2D eigenvalue weighted by Crippen LogP contribution is 2.31. The molecule has 354 valence electrons. The lowest BCUT2D eigenvalue weighted by atomic mass is 10.2. The average Bonchev–Trinajstić information content (AvgIpc) is 3.26. The molecule has 0 radical (unpaired) electrons. The molecule has 5 rings (SSSR count). The van der Waals surface area contributed by atoms with Gasteiger partial charge in [-0.25, -0.2) is 26.4 Å². The maximum Gasteiger partial charge on any atom is 0.309 e. The van der Waals surface area contributed by atoms with Crippen LogP contribution in [0.1, 0.15) is 39.5 Å². The highest BCUT2D eigenvalue weighted by Gasteiger charge is 2.15. The molecule has 0 saturated carbocycles. The number of carbonyl (C=O) groups is 2. The third kappa shape index (κ3) is 18.3. The fourth-order valence-electron chi connectivity index (χ4n) is 6.24. The molecule has 0 spiro atoms. The Morgan fingerprint density at radius 1 is 0.815 bits per heavy atom. The number of rotatable bonds is 20. The summed E-state index contributed by atoms with van der Waals surface area (Å²) in [5.74, 6) is -1.35. The first-order chi connectivity index (χ1) is 30.7. The van der Waals surface area contributed by atoms with E-state index in [1.165, 1.54) is 19.2 Å². The predicted molar refractivity (Wildman–Crippen MR) is 245 cm³/mol. The van der Waals surface area contributed by atoms with E-state index in [9.17, 15) is 50.7 Å². The number of carboxylic acid groups (broad SMARTS) is 1. The highest BCUT2D eigenvalue weighted by molar-refractivity contribution is 7.85. The summed E-state index contributed by atoms with van der Waals surface area (Å²) in [5.41, 5.74) is 4.24. The standard InChI is InChI=1S/C21H25N3O6S.C11H16N2O5S.C11H15NO3/c1-3-24(10-4-12-31(27,28)29)16-6-8-18-20(14-16)30-19-13-15(5-7-17(19)22-18)23(2)11-9-21(25)26;1-2-13(6-3-7-19(16,17)18)9-4-5-10(12-15)11(14)8-9;1-12(7-6-11(14)15-2)9-4-3-5-10(13)8-9/h5-8,13-14H,3-4,9-12H2,1-2H3,(H-,25,26,27,28,29);4-5,8,14H,2-3,6-7H2,1H3,(H,16,17,18);3-5,8,13H,6-7H2,1-2H3/p-1. The number of methoxy groups -OCH3 is 1. The smallest absolute Gasteiger partial charge is 0.309 e. The number of aliphatic carboxylic acids is 1. The second kappa shape index (κ2) is 25.2. The van der Waals surface area contributed by atoms with Gasteiger partial charge in [0.05, 0.1) is 39.8 Å². The van der Waals surface area contributed by atoms with Gasteiger partial charge in [0.2, 0.25) is 5.36 Å². The van der Waals surface area contributed by atoms with Crippen molar-refractivity contribution in [3.8, 4) is 23.0 Å². The molecule has 2 aliphatic rings. The molecule has 1 heterocycles. The number of phenols is 2. The van der Waals surface area contributed by atoms with E-state index in [1.54, 1.807) is 29.2 Å². The van der Waals surface area contributed by atoms with Crippen LogP contribution in [-0.4, -0.2) is 130 Å². The van der Waals surface area contributed by atoms with Crippen LogP contribution in [0.25, 0.3) is 22.6 Å². The molecular weight excluding hydrogens is 889 g/mol. The number of benzene rings is 4. The largest absolute Gasteiger partial charge is 0.748 e. The molecule has 0 amide bonds. The summed E-state index contributed by atoms with van der Waals surface area (Å²) in [6, 6.07) is 22.4. The van der Waals surface area contributed by atoms with Crippen LogP contribution in [0, 0.1) is 4.91 Å². The van der Waals surface area contributed by atoms with E-state index in [0.717, 1.165) is 16.7 Å². The molecule has 3 aromatic carbocycles. The van der Waals surface area contributed by atoms with E-state index in [4.69, 9.17) is 9.52 Å². The Labute approximate surface area is 377 Å². The molecule has 1 aliphatic heterocycles. The van der Waals surface area contributed by atoms with Crippen LogP contribution in [0.2, 0.25) is 0 Å². The summed E-state index contributed by atoms with van der Waals surface area (Å²) in [4.78, 5) is 42.3. The monoisotopic (exact) mass is 943 g/mol. The number of phenolic OH excluding ortho intramolecular Hbond substituents is 2. The Morgan fingerprint density at radius 2 is 1.43 bits per heavy atom. The second-order valence-corrected chi connectivity index (χ2v) is 17.6. The van der Waals surface area contributed by atoms with Gasteiger partial charge in [0, 0.05) is 92.6 Å². The average molecular weight is 944 g/mol. The topological polar surface area (TPSA) is 287 Å². The predicted octanol–water partition coefficient (Wildman–Crippen LogP) is 4.51. The van der Waals surface area contributed by atoms with Crippen molar-refractivity contribution in [2.24, 2.45) is 5.18 Å². The normalized spacial score (nSPS) is 11.7. The summed E-state index contributed by atoms with van der Waals surface area (Å²) in [5, 5.41) is 31.1. The van der Waals surface area contributed by atoms with E-state index in [-0.39, 0.29) is 42.4 Å². The Hall–Kier alpha value is -6.36. The molecule has 3 aromatic rings. The minimum Gasteiger partial charge on any atom is -0.748 e. The van der Waals surface area contributed by atoms with Gasteiger partial charge >= 0.3 is 11.9 Å². The van der Waals surface area contributed by atoms with E-state index in [2.05, 4.69) is 14.9 Å². The number of esters is 1. The number of hydrogen-bond donors (Lipinski definition) is 3. The molecule has 20 nitrogen and oxygen atoms in total. The van der Waals surface area contributed by atoms with Crippen molar-refractivity contribution < 1.29 is 60.0 Å². The van der Waals surface area contributed by atoms with E-state index in [1.807, 2.05) is 84.8 Å². The zero-order valence-corrected chi connectivity index (χ0v) is 38.5. The zero-order valence-electron chi connectivity index (χ0n) is 36.8. The number of nitrogens with zero attached hydrogens (tertiary/aromatic N) is 6. The lowest BCUT2D eigenvalue weighted by molar-refractivity contribution is -0.140. The SMILES string of the molecule is CCN(CCCS(=O)(=O)[O-])c1ccc(N=O)c(O)c1.CCN(CCCS(=O)(=O)[O-])c1ccc2nc3ccc(=[N+](C)CCC(=O)O)cc-3oc2c1.COC(=O)CCN(C)c1cccc(O)c1. The van der Waals surface area contributed by atoms with Crippen molar-refractivity contribution in [3.63, 3.8) is 0 Å². The molecule has 1 aliphatic carbocycles. The van der Waals surface area contributed by atoms with Gasteiger partial charge in [-0.3, -0.25) is 9.59 Å². The molecule has 0 atom stereocenters. The van der Waals surface area contributed by atoms with Crippen LogP contribution in [0.15, 0.2) is 88.5 Å². The van der Waals surface area contributed by atoms with Crippen LogP contribution in [0.4, 0.5) is 22.7 Å². The van der Waals surface area contributed by atoms with Crippen LogP contribution >= 0.6 is 0 Å². The summed E-state index contributed by atoms with van der Waals surface area (Å²) < 4.78 is 76.6. The number of anilines is 3. The Bertz CT molecular complexity index is 2640. The minimum absolute atomic E-state index is 0.0332. The van der Waals surface area contributed by atoms with Crippen molar-refractivity contribution in [2.75, 3.05) is 86.7 Å². The van der Waals surface area contributed by atoms with Gasteiger partial charge in [-0.05, 0) is 74.3 Å². The fraction of sp³-hybridized carbons (Fsp3) is 0.395. The van der Waals surface area contributed by atoms with Crippen molar-refractivity contribution in [3.05, 3.63) is 89.1 Å². The molecule has 65 heavy (non-hydrogen) atoms. The fourth-order valence-corrected chi connectivity index (χ4v) is 7.20. The van der Waals surface area contributed by atoms with Gasteiger partial charge in [-0.15, -0.1) is 4.91 Å². The van der Waals surface area contributed by atoms with E-state index in [0.29, 0.717) is 73.9 Å². The summed E-state index contributed by atoms with van der Waals surface area (Å²) in [6.07, 6.45) is 0.819. The number of nitroso groups, excluding NO2 is 1. The lowest BCUT2D eigenvalue weighted by Crippen LogP contribution is -2.28. The van der Waals surface area contributed by atoms with Gasteiger partial charge in [-0.1, -0.05) is 6.07 Å². The number of aromatic hydroxyl groups is 2. The molecule has 0 aromatic heterocycles. The number of aromatic nitrogens is 1. The van der Waals surface area contributed by atoms with Crippen LogP contribution in [-0.2, 0) is 34.6 Å². The quantitative estimate of drug-likeness (QED) is 0.0318. The Morgan fingerprint density at radius 3 is 1.97 bits per heavy atom. The van der Waals surface area contributed by atoms with E-state index >= 15 is 0 Å². The van der Waals surface area contributed by atoms with Gasteiger partial charge in [0.25, 0.3) is 0 Å². The molecular formula is C43H55N6O14S2-. The first-order valence-electron chi connectivity index (χ1n) is 20.4. The van der Waals surface area contributed by atoms with Gasteiger partial charge < -0.3 is 48.3 Å². The van der Waals surface area contributed by atoms with Crippen molar-refractivity contribution >= 4 is 66.0 Å². The summed E-state index contributed by atoms with van der Waals surface area (Å²) >= 11 is 0. The molecule has 0 bridgehead atoms. The number of carboxylic acids is 1.